The van der Waals surface area contributed by atoms with Crippen LogP contribution in [-0.2, 0) is 14.3 Å². The van der Waals surface area contributed by atoms with E-state index < -0.39 is 12.1 Å². The third kappa shape index (κ3) is 5.17. The average molecular weight is 243 g/mol. The number of carboxylic acid groups (broad SMARTS) is 1. The maximum Gasteiger partial charge on any atom is 0.322 e. The monoisotopic (exact) mass is 243 g/mol. The molecule has 0 aliphatic heterocycles. The molecule has 0 saturated heterocycles. The Morgan fingerprint density at radius 1 is 1.47 bits per heavy atom. The zero-order chi connectivity index (χ0) is 12.8. The van der Waals surface area contributed by atoms with Crippen LogP contribution < -0.4 is 5.32 Å². The lowest BCUT2D eigenvalue weighted by Crippen LogP contribution is -2.40. The molecule has 3 unspecified atom stereocenters. The molecule has 0 aromatic rings. The molecule has 1 amide bonds. The van der Waals surface area contributed by atoms with Gasteiger partial charge in [0.1, 0.15) is 12.6 Å². The molecule has 98 valence electrons. The number of hydrogen-bond donors (Lipinski definition) is 2. The first-order valence-corrected chi connectivity index (χ1v) is 6.14. The van der Waals surface area contributed by atoms with Gasteiger partial charge in [-0.25, -0.2) is 0 Å². The topological polar surface area (TPSA) is 75.6 Å². The van der Waals surface area contributed by atoms with Crippen LogP contribution in [0.25, 0.3) is 0 Å². The highest BCUT2D eigenvalue weighted by Gasteiger charge is 2.24. The fourth-order valence-corrected chi connectivity index (χ4v) is 2.16. The molecule has 1 rings (SSSR count). The van der Waals surface area contributed by atoms with E-state index in [0.717, 1.165) is 19.3 Å². The lowest BCUT2D eigenvalue weighted by molar-refractivity contribution is -0.142. The van der Waals surface area contributed by atoms with Gasteiger partial charge in [0, 0.05) is 0 Å². The van der Waals surface area contributed by atoms with Crippen molar-refractivity contribution in [3.63, 3.8) is 0 Å². The van der Waals surface area contributed by atoms with Gasteiger partial charge in [-0.3, -0.25) is 9.59 Å². The quantitative estimate of drug-likeness (QED) is 0.760. The Labute approximate surface area is 102 Å². The summed E-state index contributed by atoms with van der Waals surface area (Å²) in [5.41, 5.74) is 0. The average Bonchev–Trinajstić information content (AvgIpc) is 2.25. The summed E-state index contributed by atoms with van der Waals surface area (Å²) >= 11 is 0. The number of carbonyl (C=O) groups is 2. The molecule has 0 radical (unpaired) electrons. The summed E-state index contributed by atoms with van der Waals surface area (Å²) in [6.07, 6.45) is 3.88. The predicted molar refractivity (Wildman–Crippen MR) is 62.6 cm³/mol. The molecule has 0 bridgehead atoms. The van der Waals surface area contributed by atoms with Crippen molar-refractivity contribution in [2.75, 3.05) is 6.54 Å². The van der Waals surface area contributed by atoms with Gasteiger partial charge < -0.3 is 15.2 Å². The molecule has 0 heterocycles. The van der Waals surface area contributed by atoms with Crippen LogP contribution in [0.3, 0.4) is 0 Å². The van der Waals surface area contributed by atoms with E-state index in [0.29, 0.717) is 5.92 Å². The van der Waals surface area contributed by atoms with E-state index in [2.05, 4.69) is 12.2 Å². The summed E-state index contributed by atoms with van der Waals surface area (Å²) in [7, 11) is 0. The minimum absolute atomic E-state index is 0.129. The van der Waals surface area contributed by atoms with Crippen LogP contribution in [0.15, 0.2) is 0 Å². The number of nitrogens with one attached hydrogen (secondary N) is 1. The maximum absolute atomic E-state index is 11.5. The van der Waals surface area contributed by atoms with Gasteiger partial charge in [-0.15, -0.1) is 0 Å². The molecule has 0 aromatic carbocycles. The molecule has 2 N–H and O–H groups in total. The third-order valence-corrected chi connectivity index (χ3v) is 3.07. The van der Waals surface area contributed by atoms with Crippen LogP contribution in [-0.4, -0.2) is 35.7 Å². The lowest BCUT2D eigenvalue weighted by Gasteiger charge is -2.28. The summed E-state index contributed by atoms with van der Waals surface area (Å²) in [5.74, 6) is -0.759. The Morgan fingerprint density at radius 3 is 2.76 bits per heavy atom. The fraction of sp³-hybridized carbons (Fsp3) is 0.833. The minimum atomic E-state index is -1.04. The Kier molecular flexibility index (Phi) is 5.41. The van der Waals surface area contributed by atoms with Gasteiger partial charge in [-0.05, 0) is 25.7 Å². The first kappa shape index (κ1) is 14.0. The van der Waals surface area contributed by atoms with Crippen molar-refractivity contribution in [3.05, 3.63) is 0 Å². The van der Waals surface area contributed by atoms with Crippen molar-refractivity contribution >= 4 is 11.9 Å². The van der Waals surface area contributed by atoms with E-state index in [-0.39, 0.29) is 18.6 Å². The largest absolute Gasteiger partial charge is 0.480 e. The molecular weight excluding hydrogens is 222 g/mol. The summed E-state index contributed by atoms with van der Waals surface area (Å²) < 4.78 is 5.65. The van der Waals surface area contributed by atoms with Gasteiger partial charge in [0.2, 0.25) is 5.91 Å². The lowest BCUT2D eigenvalue weighted by atomic mass is 9.88. The number of amides is 1. The minimum Gasteiger partial charge on any atom is -0.480 e. The summed E-state index contributed by atoms with van der Waals surface area (Å²) in [6, 6.07) is 0. The van der Waals surface area contributed by atoms with Gasteiger partial charge in [0.05, 0.1) is 6.10 Å². The molecule has 1 aliphatic carbocycles. The molecule has 3 atom stereocenters. The normalized spacial score (nSPS) is 26.2. The smallest absolute Gasteiger partial charge is 0.322 e. The van der Waals surface area contributed by atoms with E-state index in [1.165, 1.54) is 6.42 Å². The van der Waals surface area contributed by atoms with Crippen molar-refractivity contribution < 1.29 is 19.4 Å². The highest BCUT2D eigenvalue weighted by Crippen LogP contribution is 2.26. The highest BCUT2D eigenvalue weighted by molar-refractivity contribution is 5.84. The van der Waals surface area contributed by atoms with Gasteiger partial charge in [0.25, 0.3) is 0 Å². The summed E-state index contributed by atoms with van der Waals surface area (Å²) in [6.45, 7) is 3.49. The molecule has 1 saturated carbocycles. The Hall–Kier alpha value is -1.10. The van der Waals surface area contributed by atoms with E-state index in [1.807, 2.05) is 0 Å². The second-order valence-corrected chi connectivity index (χ2v) is 4.78. The van der Waals surface area contributed by atoms with Gasteiger partial charge >= 0.3 is 5.97 Å². The number of ether oxygens (including phenoxy) is 1. The molecule has 17 heavy (non-hydrogen) atoms. The number of carboxylic acids is 1. The maximum atomic E-state index is 11.5. The highest BCUT2D eigenvalue weighted by atomic mass is 16.5. The van der Waals surface area contributed by atoms with Crippen molar-refractivity contribution in [2.45, 2.75) is 51.7 Å². The summed E-state index contributed by atoms with van der Waals surface area (Å²) in [4.78, 5) is 21.8. The van der Waals surface area contributed by atoms with E-state index >= 15 is 0 Å². The third-order valence-electron chi connectivity index (χ3n) is 3.07. The zero-order valence-electron chi connectivity index (χ0n) is 10.4. The van der Waals surface area contributed by atoms with Crippen LogP contribution in [0.4, 0.5) is 0 Å². The Bertz CT molecular complexity index is 280. The van der Waals surface area contributed by atoms with Crippen LogP contribution in [0.2, 0.25) is 0 Å². The Balaban J connectivity index is 2.29. The molecular formula is C12H21NO4. The van der Waals surface area contributed by atoms with Gasteiger partial charge in [-0.1, -0.05) is 19.8 Å². The number of aliphatic carboxylic acids is 1. The van der Waals surface area contributed by atoms with Crippen LogP contribution in [0, 0.1) is 5.92 Å². The second kappa shape index (κ2) is 6.59. The molecule has 1 fully saturated rings. The standard InChI is InChI=1S/C12H21NO4/c1-8-4-3-5-10(6-8)17-9(2)12(16)13-7-11(14)15/h8-10H,3-7H2,1-2H3,(H,13,16)(H,14,15). The Morgan fingerprint density at radius 2 is 2.18 bits per heavy atom. The van der Waals surface area contributed by atoms with Crippen LogP contribution in [0.1, 0.15) is 39.5 Å². The molecule has 5 nitrogen and oxygen atoms in total. The molecule has 0 spiro atoms. The van der Waals surface area contributed by atoms with Gasteiger partial charge in [-0.2, -0.15) is 0 Å². The number of carbonyl (C=O) groups excluding carboxylic acids is 1. The van der Waals surface area contributed by atoms with Crippen molar-refractivity contribution in [1.29, 1.82) is 0 Å². The fourth-order valence-electron chi connectivity index (χ4n) is 2.16. The molecule has 5 heteroatoms. The molecule has 1 aliphatic rings. The van der Waals surface area contributed by atoms with E-state index in [9.17, 15) is 9.59 Å². The molecule has 0 aromatic heterocycles. The number of hydrogen-bond acceptors (Lipinski definition) is 3. The zero-order valence-corrected chi connectivity index (χ0v) is 10.4. The van der Waals surface area contributed by atoms with Crippen LogP contribution in [0.5, 0.6) is 0 Å². The SMILES string of the molecule is CC1CCCC(OC(C)C(=O)NCC(=O)O)C1. The van der Waals surface area contributed by atoms with Crippen molar-refractivity contribution in [3.8, 4) is 0 Å². The predicted octanol–water partition coefficient (Wildman–Crippen LogP) is 1.17. The first-order chi connectivity index (χ1) is 7.99. The van der Waals surface area contributed by atoms with Crippen molar-refractivity contribution in [2.24, 2.45) is 5.92 Å². The van der Waals surface area contributed by atoms with E-state index in [1.54, 1.807) is 6.92 Å². The summed E-state index contributed by atoms with van der Waals surface area (Å²) in [5, 5.41) is 10.8. The van der Waals surface area contributed by atoms with Crippen LogP contribution >= 0.6 is 0 Å². The van der Waals surface area contributed by atoms with Gasteiger partial charge in [0.15, 0.2) is 0 Å². The van der Waals surface area contributed by atoms with Crippen molar-refractivity contribution in [1.82, 2.24) is 5.32 Å². The first-order valence-electron chi connectivity index (χ1n) is 6.14. The second-order valence-electron chi connectivity index (χ2n) is 4.78. The van der Waals surface area contributed by atoms with E-state index in [4.69, 9.17) is 9.84 Å². The number of rotatable bonds is 5.